The maximum Gasteiger partial charge on any atom is 0.455 e. The average Bonchev–Trinajstić information content (AvgIpc) is 3.12. The van der Waals surface area contributed by atoms with Crippen LogP contribution in [0.2, 0.25) is 6.32 Å². The second-order valence-corrected chi connectivity index (χ2v) is 11.0. The van der Waals surface area contributed by atoms with E-state index in [1.807, 2.05) is 30.3 Å². The first-order valence-corrected chi connectivity index (χ1v) is 13.5. The van der Waals surface area contributed by atoms with E-state index in [-0.39, 0.29) is 29.8 Å². The molecule has 2 amide bonds. The number of hydrogen-bond acceptors (Lipinski definition) is 7. The number of rotatable bonds is 7. The van der Waals surface area contributed by atoms with E-state index >= 15 is 0 Å². The Morgan fingerprint density at radius 3 is 2.82 bits per heavy atom. The van der Waals surface area contributed by atoms with Gasteiger partial charge in [0.15, 0.2) is 0 Å². The zero-order valence-electron chi connectivity index (χ0n) is 21.3. The zero-order chi connectivity index (χ0) is 27.0. The number of methoxy groups -OCH3 is 1. The van der Waals surface area contributed by atoms with E-state index in [4.69, 9.17) is 9.39 Å². The molecule has 1 aromatic heterocycles. The van der Waals surface area contributed by atoms with Gasteiger partial charge in [-0.2, -0.15) is 0 Å². The molecule has 0 saturated carbocycles. The van der Waals surface area contributed by atoms with Gasteiger partial charge in [0.2, 0.25) is 11.8 Å². The molecule has 3 heterocycles. The van der Waals surface area contributed by atoms with Crippen LogP contribution in [0.25, 0.3) is 11.6 Å². The molecule has 8 nitrogen and oxygen atoms in total. The maximum atomic E-state index is 13.1. The zero-order valence-corrected chi connectivity index (χ0v) is 22.9. The van der Waals surface area contributed by atoms with Crippen LogP contribution < -0.4 is 0 Å². The molecule has 10 heteroatoms. The van der Waals surface area contributed by atoms with Crippen molar-refractivity contribution in [3.8, 4) is 5.75 Å². The molecule has 2 fully saturated rings. The van der Waals surface area contributed by atoms with E-state index in [2.05, 4.69) is 20.9 Å². The third-order valence-corrected chi connectivity index (χ3v) is 8.33. The number of ether oxygens (including phenoxy) is 1. The van der Waals surface area contributed by atoms with Crippen molar-refractivity contribution in [3.63, 3.8) is 0 Å². The number of fused-ring (bicyclic) bond motifs is 3. The number of aromatic nitrogens is 1. The van der Waals surface area contributed by atoms with E-state index in [0.717, 1.165) is 26.9 Å². The maximum absolute atomic E-state index is 13.1. The summed E-state index contributed by atoms with van der Waals surface area (Å²) < 4.78 is 12.4. The van der Waals surface area contributed by atoms with Gasteiger partial charge in [0, 0.05) is 30.4 Å². The first-order chi connectivity index (χ1) is 18.3. The fourth-order valence-electron chi connectivity index (χ4n) is 6.17. The van der Waals surface area contributed by atoms with Crippen molar-refractivity contribution < 1.29 is 29.1 Å². The second kappa shape index (κ2) is 11.1. The van der Waals surface area contributed by atoms with Gasteiger partial charge < -0.3 is 19.5 Å². The third kappa shape index (κ3) is 5.10. The van der Waals surface area contributed by atoms with Crippen molar-refractivity contribution >= 4 is 46.5 Å². The summed E-state index contributed by atoms with van der Waals surface area (Å²) in [5.74, 6) is -1.41. The summed E-state index contributed by atoms with van der Waals surface area (Å²) in [6.45, 7) is 0.338. The van der Waals surface area contributed by atoms with Crippen LogP contribution in [0.1, 0.15) is 30.5 Å². The molecular weight excluding hydrogens is 551 g/mol. The molecule has 38 heavy (non-hydrogen) atoms. The summed E-state index contributed by atoms with van der Waals surface area (Å²) in [6.07, 6.45) is 4.95. The van der Waals surface area contributed by atoms with Crippen LogP contribution in [0.15, 0.2) is 58.2 Å². The van der Waals surface area contributed by atoms with Gasteiger partial charge in [-0.25, -0.2) is 0 Å². The van der Waals surface area contributed by atoms with Crippen molar-refractivity contribution in [2.75, 3.05) is 20.8 Å². The van der Waals surface area contributed by atoms with Gasteiger partial charge in [-0.3, -0.25) is 19.5 Å². The molecule has 0 unspecified atom stereocenters. The molecular formula is C28H30BBrN2O6. The third-order valence-electron chi connectivity index (χ3n) is 7.84. The fourth-order valence-corrected chi connectivity index (χ4v) is 6.55. The Kier molecular flexibility index (Phi) is 7.86. The average molecular weight is 581 g/mol. The lowest BCUT2D eigenvalue weighted by molar-refractivity contribution is -0.138. The minimum absolute atomic E-state index is 0.156. The number of allylic oxidation sites excluding steroid dienone is 1. The van der Waals surface area contributed by atoms with Crippen LogP contribution >= 0.6 is 15.9 Å². The number of imide groups is 1. The standard InChI is InChI=1S/C28H30BBrN2O6/c1-32-27(34)20-13-18(15-37-2)25-21(26(20)28(32)35)14-29(36)38-24(25)9-6-16(22-5-3-4-10-31-22)11-17-12-19(30)7-8-23(17)33/h3-5,7-8,10-12,20-21,24,26,33,36H,6,9,13-15H2,1-2H3/b16-11-/t20-,21+,24-,26-/m1/s1. The molecule has 2 aliphatic heterocycles. The van der Waals surface area contributed by atoms with Crippen LogP contribution in [-0.4, -0.2) is 65.8 Å². The highest BCUT2D eigenvalue weighted by molar-refractivity contribution is 9.10. The number of amides is 2. The van der Waals surface area contributed by atoms with Crippen molar-refractivity contribution in [2.45, 2.75) is 31.7 Å². The lowest BCUT2D eigenvalue weighted by atomic mass is 9.58. The topological polar surface area (TPSA) is 109 Å². The lowest BCUT2D eigenvalue weighted by Gasteiger charge is -2.43. The molecule has 4 atom stereocenters. The minimum Gasteiger partial charge on any atom is -0.507 e. The molecule has 2 saturated heterocycles. The summed E-state index contributed by atoms with van der Waals surface area (Å²) in [5.41, 5.74) is 4.27. The predicted molar refractivity (Wildman–Crippen MR) is 147 cm³/mol. The Bertz CT molecular complexity index is 1300. The summed E-state index contributed by atoms with van der Waals surface area (Å²) in [4.78, 5) is 31.7. The summed E-state index contributed by atoms with van der Waals surface area (Å²) in [5, 5.41) is 21.2. The van der Waals surface area contributed by atoms with Crippen LogP contribution in [0.5, 0.6) is 5.75 Å². The van der Waals surface area contributed by atoms with Crippen molar-refractivity contribution in [1.82, 2.24) is 9.88 Å². The molecule has 0 spiro atoms. The van der Waals surface area contributed by atoms with Gasteiger partial charge in [-0.05, 0) is 84.6 Å². The molecule has 0 radical (unpaired) electrons. The van der Waals surface area contributed by atoms with Gasteiger partial charge in [-0.1, -0.05) is 22.0 Å². The van der Waals surface area contributed by atoms with E-state index < -0.39 is 25.1 Å². The van der Waals surface area contributed by atoms with Crippen LogP contribution in [0.3, 0.4) is 0 Å². The highest BCUT2D eigenvalue weighted by Crippen LogP contribution is 2.50. The number of hydrogen-bond donors (Lipinski definition) is 2. The normalized spacial score (nSPS) is 25.6. The van der Waals surface area contributed by atoms with E-state index in [9.17, 15) is 19.7 Å². The molecule has 5 rings (SSSR count). The quantitative estimate of drug-likeness (QED) is 0.290. The van der Waals surface area contributed by atoms with E-state index in [1.54, 1.807) is 25.4 Å². The Morgan fingerprint density at radius 2 is 2.08 bits per heavy atom. The summed E-state index contributed by atoms with van der Waals surface area (Å²) in [6, 6.07) is 10.9. The summed E-state index contributed by atoms with van der Waals surface area (Å²) in [7, 11) is 2.11. The number of aromatic hydroxyl groups is 1. The second-order valence-electron chi connectivity index (χ2n) is 10.1. The number of pyridine rings is 1. The highest BCUT2D eigenvalue weighted by Gasteiger charge is 2.56. The Labute approximate surface area is 230 Å². The molecule has 198 valence electrons. The van der Waals surface area contributed by atoms with Crippen LogP contribution in [-0.2, 0) is 19.0 Å². The SMILES string of the molecule is COCC1=C2[C@@H](CC/C(=C/c3cc(Br)ccc3O)c3ccccn3)OB(O)C[C@@H]2[C@@H]2C(=O)N(C)C(=O)[C@@H]2C1. The lowest BCUT2D eigenvalue weighted by Crippen LogP contribution is -2.46. The molecule has 1 aromatic carbocycles. The largest absolute Gasteiger partial charge is 0.507 e. The minimum atomic E-state index is -1.04. The predicted octanol–water partition coefficient (Wildman–Crippen LogP) is 3.94. The first kappa shape index (κ1) is 26.8. The number of nitrogens with zero attached hydrogens (tertiary/aromatic N) is 2. The molecule has 0 bridgehead atoms. The van der Waals surface area contributed by atoms with Gasteiger partial charge in [-0.15, -0.1) is 0 Å². The smallest absolute Gasteiger partial charge is 0.455 e. The number of phenols is 1. The molecule has 2 aromatic rings. The fraction of sp³-hybridized carbons (Fsp3) is 0.393. The number of carbonyl (C=O) groups excluding carboxylic acids is 2. The van der Waals surface area contributed by atoms with Gasteiger partial charge >= 0.3 is 7.12 Å². The Balaban J connectivity index is 1.49. The van der Waals surface area contributed by atoms with E-state index in [1.165, 1.54) is 11.9 Å². The Hall–Kier alpha value is -2.79. The number of halogens is 1. The highest BCUT2D eigenvalue weighted by atomic mass is 79.9. The van der Waals surface area contributed by atoms with E-state index in [0.29, 0.717) is 31.4 Å². The van der Waals surface area contributed by atoms with Gasteiger partial charge in [0.25, 0.3) is 0 Å². The number of carbonyl (C=O) groups is 2. The summed E-state index contributed by atoms with van der Waals surface area (Å²) >= 11 is 3.47. The van der Waals surface area contributed by atoms with Gasteiger partial charge in [0.1, 0.15) is 5.75 Å². The molecule has 3 aliphatic rings. The molecule has 2 N–H and O–H groups in total. The van der Waals surface area contributed by atoms with Gasteiger partial charge in [0.05, 0.1) is 30.2 Å². The monoisotopic (exact) mass is 580 g/mol. The Morgan fingerprint density at radius 1 is 1.26 bits per heavy atom. The van der Waals surface area contributed by atoms with Crippen LogP contribution in [0, 0.1) is 17.8 Å². The first-order valence-electron chi connectivity index (χ1n) is 12.7. The van der Waals surface area contributed by atoms with Crippen LogP contribution in [0.4, 0.5) is 0 Å². The molecule has 1 aliphatic carbocycles. The van der Waals surface area contributed by atoms with Crippen molar-refractivity contribution in [3.05, 3.63) is 69.5 Å². The van der Waals surface area contributed by atoms with Crippen molar-refractivity contribution in [1.29, 1.82) is 0 Å². The van der Waals surface area contributed by atoms with Crippen molar-refractivity contribution in [2.24, 2.45) is 17.8 Å². The number of phenolic OH excluding ortho intramolecular Hbond substituents is 1. The number of benzene rings is 1. The number of likely N-dealkylation sites (tertiary alicyclic amines) is 1.